The molecule has 4 rings (SSSR count). The van der Waals surface area contributed by atoms with Crippen molar-refractivity contribution in [2.75, 3.05) is 13.1 Å². The maximum absolute atomic E-state index is 13.3. The van der Waals surface area contributed by atoms with Gasteiger partial charge in [-0.1, -0.05) is 41.4 Å². The molecule has 0 saturated carbocycles. The molecule has 0 spiro atoms. The van der Waals surface area contributed by atoms with Crippen LogP contribution in [0.4, 0.5) is 0 Å². The number of amides is 1. The molecule has 0 atom stereocenters. The quantitative estimate of drug-likeness (QED) is 0.602. The van der Waals surface area contributed by atoms with E-state index in [9.17, 15) is 4.79 Å². The average Bonchev–Trinajstić information content (AvgIpc) is 2.68. The molecule has 1 aliphatic heterocycles. The van der Waals surface area contributed by atoms with Crippen LogP contribution in [0.5, 0.6) is 0 Å². The maximum Gasteiger partial charge on any atom is 0.254 e. The summed E-state index contributed by atoms with van der Waals surface area (Å²) in [7, 11) is 0. The molecule has 0 unspecified atom stereocenters. The standard InChI is InChI=1S/C22H21ClN2O/c1-15-9-10-20-17(13-15)18(22(26)25-11-5-2-6-12-25)14-21(24-20)16-7-3-4-8-19(16)23/h3-4,7-10,13-14H,2,5-6,11-12H2,1H3. The van der Waals surface area contributed by atoms with E-state index >= 15 is 0 Å². The number of hydrogen-bond acceptors (Lipinski definition) is 2. The summed E-state index contributed by atoms with van der Waals surface area (Å²) < 4.78 is 0. The minimum atomic E-state index is 0.0935. The number of halogens is 1. The molecule has 1 aromatic heterocycles. The van der Waals surface area contributed by atoms with Crippen LogP contribution in [0.15, 0.2) is 48.5 Å². The van der Waals surface area contributed by atoms with Crippen LogP contribution in [0.3, 0.4) is 0 Å². The van der Waals surface area contributed by atoms with Gasteiger partial charge in [0.15, 0.2) is 0 Å². The maximum atomic E-state index is 13.3. The van der Waals surface area contributed by atoms with Crippen LogP contribution in [-0.4, -0.2) is 28.9 Å². The molecule has 0 aliphatic carbocycles. The fourth-order valence-electron chi connectivity index (χ4n) is 3.59. The van der Waals surface area contributed by atoms with E-state index in [0.29, 0.717) is 5.02 Å². The van der Waals surface area contributed by atoms with E-state index in [1.807, 2.05) is 54.3 Å². The van der Waals surface area contributed by atoms with Crippen LogP contribution in [-0.2, 0) is 0 Å². The van der Waals surface area contributed by atoms with Gasteiger partial charge in [0.1, 0.15) is 0 Å². The smallest absolute Gasteiger partial charge is 0.254 e. The number of aromatic nitrogens is 1. The minimum Gasteiger partial charge on any atom is -0.339 e. The Morgan fingerprint density at radius 1 is 1.04 bits per heavy atom. The van der Waals surface area contributed by atoms with Gasteiger partial charge in [0, 0.05) is 29.1 Å². The number of fused-ring (bicyclic) bond motifs is 1. The SMILES string of the molecule is Cc1ccc2nc(-c3ccccc3Cl)cc(C(=O)N3CCCCC3)c2c1. The van der Waals surface area contributed by atoms with Crippen molar-refractivity contribution in [1.29, 1.82) is 0 Å². The fourth-order valence-corrected chi connectivity index (χ4v) is 3.82. The summed E-state index contributed by atoms with van der Waals surface area (Å²) in [6.45, 7) is 3.70. The molecule has 1 amide bonds. The number of nitrogens with zero attached hydrogens (tertiary/aromatic N) is 2. The summed E-state index contributed by atoms with van der Waals surface area (Å²) in [6, 6.07) is 15.6. The van der Waals surface area contributed by atoms with E-state index in [0.717, 1.165) is 59.2 Å². The lowest BCUT2D eigenvalue weighted by atomic mass is 10.0. The third-order valence-corrected chi connectivity index (χ3v) is 5.32. The molecule has 3 aromatic rings. The lowest BCUT2D eigenvalue weighted by Gasteiger charge is -2.27. The number of likely N-dealkylation sites (tertiary alicyclic amines) is 1. The van der Waals surface area contributed by atoms with Crippen LogP contribution in [0, 0.1) is 6.92 Å². The van der Waals surface area contributed by atoms with Crippen LogP contribution in [0.25, 0.3) is 22.2 Å². The van der Waals surface area contributed by atoms with Gasteiger partial charge in [-0.25, -0.2) is 4.98 Å². The van der Waals surface area contributed by atoms with E-state index in [1.54, 1.807) is 0 Å². The van der Waals surface area contributed by atoms with Crippen molar-refractivity contribution >= 4 is 28.4 Å². The van der Waals surface area contributed by atoms with Gasteiger partial charge in [0.25, 0.3) is 5.91 Å². The van der Waals surface area contributed by atoms with Gasteiger partial charge in [-0.05, 0) is 50.5 Å². The first-order chi connectivity index (χ1) is 12.6. The molecule has 132 valence electrons. The van der Waals surface area contributed by atoms with E-state index < -0.39 is 0 Å². The topological polar surface area (TPSA) is 33.2 Å². The molecular weight excluding hydrogens is 344 g/mol. The van der Waals surface area contributed by atoms with Crippen LogP contribution in [0.2, 0.25) is 5.02 Å². The summed E-state index contributed by atoms with van der Waals surface area (Å²) in [5, 5.41) is 1.55. The molecular formula is C22H21ClN2O. The molecule has 1 aliphatic rings. The molecule has 2 aromatic carbocycles. The fraction of sp³-hybridized carbons (Fsp3) is 0.273. The minimum absolute atomic E-state index is 0.0935. The molecule has 0 radical (unpaired) electrons. The second-order valence-corrected chi connectivity index (χ2v) is 7.32. The molecule has 3 nitrogen and oxygen atoms in total. The second-order valence-electron chi connectivity index (χ2n) is 6.91. The van der Waals surface area contributed by atoms with Crippen molar-refractivity contribution in [2.24, 2.45) is 0 Å². The number of aryl methyl sites for hydroxylation is 1. The molecule has 1 saturated heterocycles. The second kappa shape index (κ2) is 7.08. The Bertz CT molecular complexity index is 977. The van der Waals surface area contributed by atoms with Gasteiger partial charge in [0.2, 0.25) is 0 Å². The average molecular weight is 365 g/mol. The van der Waals surface area contributed by atoms with Gasteiger partial charge in [-0.2, -0.15) is 0 Å². The highest BCUT2D eigenvalue weighted by Gasteiger charge is 2.22. The zero-order chi connectivity index (χ0) is 18.1. The highest BCUT2D eigenvalue weighted by atomic mass is 35.5. The number of carbonyl (C=O) groups excluding carboxylic acids is 1. The normalized spacial score (nSPS) is 14.6. The number of hydrogen-bond donors (Lipinski definition) is 0. The molecule has 2 heterocycles. The Balaban J connectivity index is 1.90. The molecule has 26 heavy (non-hydrogen) atoms. The first-order valence-corrected chi connectivity index (χ1v) is 9.47. The highest BCUT2D eigenvalue weighted by molar-refractivity contribution is 6.33. The number of benzene rings is 2. The van der Waals surface area contributed by atoms with E-state index in [2.05, 4.69) is 6.07 Å². The predicted molar refractivity (Wildman–Crippen MR) is 107 cm³/mol. The van der Waals surface area contributed by atoms with E-state index in [1.165, 1.54) is 6.42 Å². The van der Waals surface area contributed by atoms with Crippen molar-refractivity contribution in [3.63, 3.8) is 0 Å². The summed E-state index contributed by atoms with van der Waals surface area (Å²) in [5.41, 5.74) is 4.26. The Morgan fingerprint density at radius 2 is 1.81 bits per heavy atom. The number of pyridine rings is 1. The van der Waals surface area contributed by atoms with E-state index in [-0.39, 0.29) is 5.91 Å². The molecule has 0 N–H and O–H groups in total. The van der Waals surface area contributed by atoms with Crippen molar-refractivity contribution in [3.8, 4) is 11.3 Å². The number of piperidine rings is 1. The van der Waals surface area contributed by atoms with Gasteiger partial charge >= 0.3 is 0 Å². The first kappa shape index (κ1) is 17.0. The van der Waals surface area contributed by atoms with Gasteiger partial charge in [-0.3, -0.25) is 4.79 Å². The lowest BCUT2D eigenvalue weighted by molar-refractivity contribution is 0.0726. The van der Waals surface area contributed by atoms with Crippen molar-refractivity contribution in [3.05, 3.63) is 64.7 Å². The van der Waals surface area contributed by atoms with Gasteiger partial charge in [-0.15, -0.1) is 0 Å². The Kier molecular flexibility index (Phi) is 4.64. The van der Waals surface area contributed by atoms with Crippen molar-refractivity contribution in [1.82, 2.24) is 9.88 Å². The zero-order valence-corrected chi connectivity index (χ0v) is 15.6. The van der Waals surface area contributed by atoms with Crippen LogP contribution in [0.1, 0.15) is 35.2 Å². The van der Waals surface area contributed by atoms with Crippen LogP contribution < -0.4 is 0 Å². The van der Waals surface area contributed by atoms with Crippen molar-refractivity contribution < 1.29 is 4.79 Å². The Labute approximate surface area is 158 Å². The number of carbonyl (C=O) groups is 1. The van der Waals surface area contributed by atoms with E-state index in [4.69, 9.17) is 16.6 Å². The highest BCUT2D eigenvalue weighted by Crippen LogP contribution is 2.31. The molecule has 4 heteroatoms. The number of rotatable bonds is 2. The Hall–Kier alpha value is -2.39. The molecule has 0 bridgehead atoms. The first-order valence-electron chi connectivity index (χ1n) is 9.09. The van der Waals surface area contributed by atoms with Gasteiger partial charge in [0.05, 0.1) is 16.8 Å². The summed E-state index contributed by atoms with van der Waals surface area (Å²) >= 11 is 6.38. The predicted octanol–water partition coefficient (Wildman–Crippen LogP) is 5.49. The van der Waals surface area contributed by atoms with Crippen molar-refractivity contribution in [2.45, 2.75) is 26.2 Å². The summed E-state index contributed by atoms with van der Waals surface area (Å²) in [6.07, 6.45) is 3.35. The van der Waals surface area contributed by atoms with Gasteiger partial charge < -0.3 is 4.90 Å². The third kappa shape index (κ3) is 3.19. The summed E-state index contributed by atoms with van der Waals surface area (Å²) in [4.78, 5) is 20.0. The summed E-state index contributed by atoms with van der Waals surface area (Å²) in [5.74, 6) is 0.0935. The zero-order valence-electron chi connectivity index (χ0n) is 14.8. The third-order valence-electron chi connectivity index (χ3n) is 4.99. The largest absolute Gasteiger partial charge is 0.339 e. The monoisotopic (exact) mass is 364 g/mol. The molecule has 1 fully saturated rings. The Morgan fingerprint density at radius 3 is 2.58 bits per heavy atom. The lowest BCUT2D eigenvalue weighted by Crippen LogP contribution is -2.35. The van der Waals surface area contributed by atoms with Crippen LogP contribution >= 0.6 is 11.6 Å².